The van der Waals surface area contributed by atoms with Gasteiger partial charge in [-0.15, -0.1) is 0 Å². The molecule has 0 saturated carbocycles. The van der Waals surface area contributed by atoms with E-state index < -0.39 is 11.6 Å². The molecule has 0 spiro atoms. The zero-order chi connectivity index (χ0) is 13.2. The molecule has 0 aliphatic rings. The second kappa shape index (κ2) is 4.65. The molecular weight excluding hydrogens is 246 g/mol. The van der Waals surface area contributed by atoms with Crippen LogP contribution < -0.4 is 5.32 Å². The number of anilines is 2. The predicted molar refractivity (Wildman–Crippen MR) is 71.4 cm³/mol. The average molecular weight is 256 g/mol. The third-order valence-electron chi connectivity index (χ3n) is 2.81. The number of aromatic nitrogens is 1. The van der Waals surface area contributed by atoms with Gasteiger partial charge in [0.05, 0.1) is 11.2 Å². The molecule has 0 radical (unpaired) electrons. The molecule has 0 bridgehead atoms. The van der Waals surface area contributed by atoms with Crippen molar-refractivity contribution in [1.29, 1.82) is 0 Å². The van der Waals surface area contributed by atoms with E-state index in [2.05, 4.69) is 10.3 Å². The minimum Gasteiger partial charge on any atom is -0.353 e. The highest BCUT2D eigenvalue weighted by Gasteiger charge is 2.04. The van der Waals surface area contributed by atoms with E-state index in [1.165, 1.54) is 0 Å². The van der Waals surface area contributed by atoms with Crippen molar-refractivity contribution in [1.82, 2.24) is 4.98 Å². The molecule has 0 fully saturated rings. The Bertz CT molecular complexity index is 741. The van der Waals surface area contributed by atoms with E-state index in [9.17, 15) is 8.78 Å². The smallest absolute Gasteiger partial charge is 0.146 e. The van der Waals surface area contributed by atoms with Gasteiger partial charge in [-0.3, -0.25) is 4.98 Å². The van der Waals surface area contributed by atoms with Gasteiger partial charge in [0.1, 0.15) is 11.6 Å². The van der Waals surface area contributed by atoms with Crippen LogP contribution in [0.3, 0.4) is 0 Å². The molecule has 2 aromatic carbocycles. The van der Waals surface area contributed by atoms with E-state index in [4.69, 9.17) is 0 Å². The summed E-state index contributed by atoms with van der Waals surface area (Å²) in [5.74, 6) is -0.973. The molecule has 0 aliphatic heterocycles. The third-order valence-corrected chi connectivity index (χ3v) is 2.81. The van der Waals surface area contributed by atoms with E-state index in [-0.39, 0.29) is 5.69 Å². The van der Waals surface area contributed by atoms with Crippen LogP contribution in [0.2, 0.25) is 0 Å². The SMILES string of the molecule is Fc1ccc(F)c(Nc2ccc3ncccc3c2)c1. The van der Waals surface area contributed by atoms with Crippen LogP contribution in [0.5, 0.6) is 0 Å². The van der Waals surface area contributed by atoms with E-state index in [0.717, 1.165) is 29.1 Å². The van der Waals surface area contributed by atoms with Gasteiger partial charge < -0.3 is 5.32 Å². The predicted octanol–water partition coefficient (Wildman–Crippen LogP) is 4.26. The zero-order valence-electron chi connectivity index (χ0n) is 9.90. The number of pyridine rings is 1. The Morgan fingerprint density at radius 1 is 0.947 bits per heavy atom. The largest absolute Gasteiger partial charge is 0.353 e. The van der Waals surface area contributed by atoms with E-state index >= 15 is 0 Å². The number of nitrogens with one attached hydrogen (secondary N) is 1. The maximum atomic E-state index is 13.5. The number of rotatable bonds is 2. The first-order valence-corrected chi connectivity index (χ1v) is 5.79. The van der Waals surface area contributed by atoms with Crippen LogP contribution >= 0.6 is 0 Å². The summed E-state index contributed by atoms with van der Waals surface area (Å²) in [5.41, 5.74) is 1.65. The fraction of sp³-hybridized carbons (Fsp3) is 0. The topological polar surface area (TPSA) is 24.9 Å². The van der Waals surface area contributed by atoms with Gasteiger partial charge in [-0.2, -0.15) is 0 Å². The average Bonchev–Trinajstić information content (AvgIpc) is 2.43. The molecule has 3 rings (SSSR count). The van der Waals surface area contributed by atoms with E-state index in [1.807, 2.05) is 24.3 Å². The summed E-state index contributed by atoms with van der Waals surface area (Å²) in [4.78, 5) is 4.20. The molecule has 1 N–H and O–H groups in total. The van der Waals surface area contributed by atoms with Crippen molar-refractivity contribution in [3.05, 3.63) is 66.4 Å². The molecule has 0 aliphatic carbocycles. The Balaban J connectivity index is 1.98. The number of hydrogen-bond donors (Lipinski definition) is 1. The quantitative estimate of drug-likeness (QED) is 0.741. The first-order chi connectivity index (χ1) is 9.22. The van der Waals surface area contributed by atoms with Gasteiger partial charge >= 0.3 is 0 Å². The van der Waals surface area contributed by atoms with Gasteiger partial charge in [0.2, 0.25) is 0 Å². The minimum atomic E-state index is -0.493. The molecule has 3 aromatic rings. The second-order valence-corrected chi connectivity index (χ2v) is 4.16. The standard InChI is InChI=1S/C15H10F2N2/c16-11-3-5-13(17)15(9-11)19-12-4-6-14-10(8-12)2-1-7-18-14/h1-9,19H. The Labute approximate surface area is 108 Å². The lowest BCUT2D eigenvalue weighted by Gasteiger charge is -2.08. The Kier molecular flexibility index (Phi) is 2.83. The van der Waals surface area contributed by atoms with E-state index in [0.29, 0.717) is 5.69 Å². The molecule has 0 amide bonds. The van der Waals surface area contributed by atoms with Crippen molar-refractivity contribution < 1.29 is 8.78 Å². The second-order valence-electron chi connectivity index (χ2n) is 4.16. The molecule has 0 atom stereocenters. The Morgan fingerprint density at radius 2 is 1.84 bits per heavy atom. The van der Waals surface area contributed by atoms with Gasteiger partial charge in [-0.05, 0) is 36.4 Å². The molecule has 0 unspecified atom stereocenters. The van der Waals surface area contributed by atoms with Gasteiger partial charge in [0.25, 0.3) is 0 Å². The first-order valence-electron chi connectivity index (χ1n) is 5.79. The van der Waals surface area contributed by atoms with Crippen molar-refractivity contribution in [3.8, 4) is 0 Å². The van der Waals surface area contributed by atoms with Gasteiger partial charge in [-0.1, -0.05) is 6.07 Å². The van der Waals surface area contributed by atoms with Crippen LogP contribution in [0.4, 0.5) is 20.2 Å². The highest BCUT2D eigenvalue weighted by atomic mass is 19.1. The highest BCUT2D eigenvalue weighted by Crippen LogP contribution is 2.23. The molecule has 1 aromatic heterocycles. The van der Waals surface area contributed by atoms with Crippen molar-refractivity contribution in [3.63, 3.8) is 0 Å². The summed E-state index contributed by atoms with van der Waals surface area (Å²) in [6, 6.07) is 12.5. The van der Waals surface area contributed by atoms with Crippen LogP contribution in [-0.4, -0.2) is 4.98 Å². The van der Waals surface area contributed by atoms with Crippen LogP contribution in [-0.2, 0) is 0 Å². The summed E-state index contributed by atoms with van der Waals surface area (Å²) in [7, 11) is 0. The Morgan fingerprint density at radius 3 is 2.74 bits per heavy atom. The fourth-order valence-corrected chi connectivity index (χ4v) is 1.90. The molecule has 1 heterocycles. The number of halogens is 2. The molecule has 0 saturated heterocycles. The van der Waals surface area contributed by atoms with Crippen LogP contribution in [0, 0.1) is 11.6 Å². The summed E-state index contributed by atoms with van der Waals surface area (Å²) in [5, 5.41) is 3.80. The Hall–Kier alpha value is -2.49. The van der Waals surface area contributed by atoms with Crippen LogP contribution in [0.15, 0.2) is 54.7 Å². The fourth-order valence-electron chi connectivity index (χ4n) is 1.90. The maximum Gasteiger partial charge on any atom is 0.146 e. The van der Waals surface area contributed by atoms with Crippen LogP contribution in [0.1, 0.15) is 0 Å². The zero-order valence-corrected chi connectivity index (χ0v) is 9.90. The highest BCUT2D eigenvalue weighted by molar-refractivity contribution is 5.83. The van der Waals surface area contributed by atoms with Gasteiger partial charge in [-0.25, -0.2) is 8.78 Å². The summed E-state index contributed by atoms with van der Waals surface area (Å²) < 4.78 is 26.6. The van der Waals surface area contributed by atoms with Crippen LogP contribution in [0.25, 0.3) is 10.9 Å². The number of benzene rings is 2. The summed E-state index contributed by atoms with van der Waals surface area (Å²) in [6.07, 6.45) is 1.71. The minimum absolute atomic E-state index is 0.114. The van der Waals surface area contributed by atoms with Crippen molar-refractivity contribution >= 4 is 22.3 Å². The summed E-state index contributed by atoms with van der Waals surface area (Å²) >= 11 is 0. The van der Waals surface area contributed by atoms with Crippen molar-refractivity contribution in [2.24, 2.45) is 0 Å². The molecular formula is C15H10F2N2. The first kappa shape index (κ1) is 11.6. The third kappa shape index (κ3) is 2.38. The van der Waals surface area contributed by atoms with Gasteiger partial charge in [0.15, 0.2) is 0 Å². The normalized spacial score (nSPS) is 10.6. The molecule has 94 valence electrons. The van der Waals surface area contributed by atoms with E-state index in [1.54, 1.807) is 12.3 Å². The molecule has 2 nitrogen and oxygen atoms in total. The lowest BCUT2D eigenvalue weighted by Crippen LogP contribution is -1.94. The number of nitrogens with zero attached hydrogens (tertiary/aromatic N) is 1. The number of fused-ring (bicyclic) bond motifs is 1. The van der Waals surface area contributed by atoms with Crippen molar-refractivity contribution in [2.75, 3.05) is 5.32 Å². The lowest BCUT2D eigenvalue weighted by atomic mass is 10.2. The molecule has 4 heteroatoms. The summed E-state index contributed by atoms with van der Waals surface area (Å²) in [6.45, 7) is 0. The number of hydrogen-bond acceptors (Lipinski definition) is 2. The lowest BCUT2D eigenvalue weighted by molar-refractivity contribution is 0.603. The van der Waals surface area contributed by atoms with Crippen molar-refractivity contribution in [2.45, 2.75) is 0 Å². The maximum absolute atomic E-state index is 13.5. The molecule has 19 heavy (non-hydrogen) atoms. The monoisotopic (exact) mass is 256 g/mol. The van der Waals surface area contributed by atoms with Gasteiger partial charge in [0, 0.05) is 23.3 Å².